The highest BCUT2D eigenvalue weighted by molar-refractivity contribution is 5.83. The third-order valence-corrected chi connectivity index (χ3v) is 4.82. The third kappa shape index (κ3) is 3.37. The van der Waals surface area contributed by atoms with Crippen molar-refractivity contribution < 1.29 is 14.3 Å². The van der Waals surface area contributed by atoms with Crippen molar-refractivity contribution in [2.45, 2.75) is 25.2 Å². The van der Waals surface area contributed by atoms with Crippen LogP contribution in [0, 0.1) is 0 Å². The van der Waals surface area contributed by atoms with Gasteiger partial charge in [-0.05, 0) is 56.6 Å². The zero-order chi connectivity index (χ0) is 17.7. The first-order valence-electron chi connectivity index (χ1n) is 8.69. The van der Waals surface area contributed by atoms with Crippen LogP contribution in [0.4, 0.5) is 0 Å². The maximum atomic E-state index is 12.7. The largest absolute Gasteiger partial charge is 0.496 e. The number of hydrogen-bond donors (Lipinski definition) is 1. The molecule has 5 heteroatoms. The fourth-order valence-corrected chi connectivity index (χ4v) is 3.43. The molecule has 2 aromatic rings. The van der Waals surface area contributed by atoms with Crippen molar-refractivity contribution in [1.29, 1.82) is 0 Å². The summed E-state index contributed by atoms with van der Waals surface area (Å²) in [6.07, 6.45) is 3.26. The zero-order valence-electron chi connectivity index (χ0n) is 14.7. The maximum Gasteiger partial charge on any atom is 0.316 e. The number of rotatable bonds is 5. The van der Waals surface area contributed by atoms with E-state index < -0.39 is 5.41 Å². The minimum atomic E-state index is -0.604. The van der Waals surface area contributed by atoms with Crippen LogP contribution < -0.4 is 10.1 Å². The monoisotopic (exact) mass is 340 g/mol. The number of aromatic nitrogens is 1. The molecule has 0 aliphatic carbocycles. The van der Waals surface area contributed by atoms with Gasteiger partial charge in [-0.15, -0.1) is 0 Å². The van der Waals surface area contributed by atoms with Gasteiger partial charge in [0.1, 0.15) is 5.75 Å². The lowest BCUT2D eigenvalue weighted by Gasteiger charge is -2.35. The molecular formula is C20H24N2O3. The fraction of sp³-hybridized carbons (Fsp3) is 0.400. The Morgan fingerprint density at radius 2 is 1.96 bits per heavy atom. The Bertz CT molecular complexity index is 722. The third-order valence-electron chi connectivity index (χ3n) is 4.82. The average molecular weight is 340 g/mol. The molecule has 25 heavy (non-hydrogen) atoms. The average Bonchev–Trinajstić information content (AvgIpc) is 2.69. The van der Waals surface area contributed by atoms with Gasteiger partial charge in [-0.2, -0.15) is 0 Å². The summed E-state index contributed by atoms with van der Waals surface area (Å²) >= 11 is 0. The molecule has 1 N–H and O–H groups in total. The number of piperidine rings is 1. The molecule has 1 aromatic heterocycles. The van der Waals surface area contributed by atoms with Crippen molar-refractivity contribution in [2.75, 3.05) is 26.8 Å². The van der Waals surface area contributed by atoms with Gasteiger partial charge in [0, 0.05) is 11.8 Å². The van der Waals surface area contributed by atoms with E-state index in [0.717, 1.165) is 48.5 Å². The topological polar surface area (TPSA) is 60.5 Å². The number of benzene rings is 1. The van der Waals surface area contributed by atoms with Crippen molar-refractivity contribution in [3.05, 3.63) is 48.2 Å². The molecule has 1 saturated heterocycles. The van der Waals surface area contributed by atoms with E-state index in [9.17, 15) is 4.79 Å². The van der Waals surface area contributed by atoms with Gasteiger partial charge in [-0.25, -0.2) is 0 Å². The number of esters is 1. The summed E-state index contributed by atoms with van der Waals surface area (Å²) in [5.41, 5.74) is 2.08. The predicted molar refractivity (Wildman–Crippen MR) is 96.6 cm³/mol. The summed E-state index contributed by atoms with van der Waals surface area (Å²) in [6, 6.07) is 11.7. The van der Waals surface area contributed by atoms with Crippen LogP contribution >= 0.6 is 0 Å². The number of ether oxygens (including phenoxy) is 2. The Morgan fingerprint density at radius 3 is 2.60 bits per heavy atom. The maximum absolute atomic E-state index is 12.7. The van der Waals surface area contributed by atoms with Crippen LogP contribution in [0.2, 0.25) is 0 Å². The normalized spacial score (nSPS) is 16.2. The summed E-state index contributed by atoms with van der Waals surface area (Å²) in [6.45, 7) is 3.83. The van der Waals surface area contributed by atoms with Gasteiger partial charge in [0.25, 0.3) is 0 Å². The number of carbonyl (C=O) groups is 1. The quantitative estimate of drug-likeness (QED) is 0.848. The minimum absolute atomic E-state index is 0.150. The number of pyridine rings is 1. The summed E-state index contributed by atoms with van der Waals surface area (Å²) in [7, 11) is 1.65. The molecule has 0 unspecified atom stereocenters. The van der Waals surface area contributed by atoms with Crippen LogP contribution in [0.25, 0.3) is 11.3 Å². The molecule has 1 aromatic carbocycles. The highest BCUT2D eigenvalue weighted by Crippen LogP contribution is 2.36. The van der Waals surface area contributed by atoms with E-state index in [1.807, 2.05) is 49.5 Å². The van der Waals surface area contributed by atoms with E-state index in [0.29, 0.717) is 6.61 Å². The van der Waals surface area contributed by atoms with Crippen LogP contribution in [-0.4, -0.2) is 37.8 Å². The molecule has 2 heterocycles. The van der Waals surface area contributed by atoms with Crippen molar-refractivity contribution in [3.63, 3.8) is 0 Å². The summed E-state index contributed by atoms with van der Waals surface area (Å²) in [5.74, 6) is 0.632. The lowest BCUT2D eigenvalue weighted by Crippen LogP contribution is -2.46. The number of carbonyl (C=O) groups excluding carboxylic acids is 1. The van der Waals surface area contributed by atoms with Crippen LogP contribution in [0.5, 0.6) is 5.75 Å². The molecular weight excluding hydrogens is 316 g/mol. The van der Waals surface area contributed by atoms with Gasteiger partial charge < -0.3 is 14.8 Å². The standard InChI is InChI=1S/C20H24N2O3/c1-3-25-19(23)20(10-12-21-13-11-20)15-8-9-17(22-14-15)16-6-4-5-7-18(16)24-2/h4-9,14,21H,3,10-13H2,1-2H3. The second-order valence-corrected chi connectivity index (χ2v) is 6.18. The molecule has 5 nitrogen and oxygen atoms in total. The van der Waals surface area contributed by atoms with Crippen LogP contribution in [-0.2, 0) is 14.9 Å². The van der Waals surface area contributed by atoms with E-state index in [4.69, 9.17) is 9.47 Å². The Morgan fingerprint density at radius 1 is 1.20 bits per heavy atom. The second kappa shape index (κ2) is 7.66. The summed E-state index contributed by atoms with van der Waals surface area (Å²) in [5, 5.41) is 3.31. The Balaban J connectivity index is 1.95. The highest BCUT2D eigenvalue weighted by Gasteiger charge is 2.42. The number of nitrogens with one attached hydrogen (secondary N) is 1. The number of nitrogens with zero attached hydrogens (tertiary/aromatic N) is 1. The fourth-order valence-electron chi connectivity index (χ4n) is 3.43. The van der Waals surface area contributed by atoms with E-state index in [-0.39, 0.29) is 5.97 Å². The molecule has 0 radical (unpaired) electrons. The lowest BCUT2D eigenvalue weighted by atomic mass is 9.73. The molecule has 1 aliphatic rings. The smallest absolute Gasteiger partial charge is 0.316 e. The first-order valence-corrected chi connectivity index (χ1v) is 8.69. The number of para-hydroxylation sites is 1. The van der Waals surface area contributed by atoms with Crippen LogP contribution in [0.1, 0.15) is 25.3 Å². The lowest BCUT2D eigenvalue weighted by molar-refractivity contribution is -0.151. The van der Waals surface area contributed by atoms with Gasteiger partial charge >= 0.3 is 5.97 Å². The number of hydrogen-bond acceptors (Lipinski definition) is 5. The van der Waals surface area contributed by atoms with E-state index in [1.54, 1.807) is 7.11 Å². The number of methoxy groups -OCH3 is 1. The first kappa shape index (κ1) is 17.4. The molecule has 0 spiro atoms. The Hall–Kier alpha value is -2.40. The molecule has 0 amide bonds. The molecule has 0 bridgehead atoms. The van der Waals surface area contributed by atoms with Gasteiger partial charge in [0.05, 0.1) is 24.8 Å². The molecule has 0 atom stereocenters. The molecule has 1 fully saturated rings. The molecule has 132 valence electrons. The van der Waals surface area contributed by atoms with Gasteiger partial charge in [-0.3, -0.25) is 9.78 Å². The SMILES string of the molecule is CCOC(=O)C1(c2ccc(-c3ccccc3OC)nc2)CCNCC1. The minimum Gasteiger partial charge on any atom is -0.496 e. The molecule has 1 aliphatic heterocycles. The Labute approximate surface area is 148 Å². The van der Waals surface area contributed by atoms with Crippen molar-refractivity contribution in [1.82, 2.24) is 10.3 Å². The zero-order valence-corrected chi connectivity index (χ0v) is 14.7. The first-order chi connectivity index (χ1) is 12.2. The van der Waals surface area contributed by atoms with Crippen molar-refractivity contribution in [3.8, 4) is 17.0 Å². The highest BCUT2D eigenvalue weighted by atomic mass is 16.5. The van der Waals surface area contributed by atoms with E-state index in [1.165, 1.54) is 0 Å². The van der Waals surface area contributed by atoms with Gasteiger partial charge in [0.2, 0.25) is 0 Å². The van der Waals surface area contributed by atoms with Gasteiger partial charge in [-0.1, -0.05) is 18.2 Å². The Kier molecular flexibility index (Phi) is 5.34. The van der Waals surface area contributed by atoms with E-state index in [2.05, 4.69) is 10.3 Å². The molecule has 0 saturated carbocycles. The molecule has 3 rings (SSSR count). The van der Waals surface area contributed by atoms with Crippen molar-refractivity contribution in [2.24, 2.45) is 0 Å². The van der Waals surface area contributed by atoms with Crippen LogP contribution in [0.3, 0.4) is 0 Å². The van der Waals surface area contributed by atoms with Gasteiger partial charge in [0.15, 0.2) is 0 Å². The second-order valence-electron chi connectivity index (χ2n) is 6.18. The summed E-state index contributed by atoms with van der Waals surface area (Å²) in [4.78, 5) is 17.3. The van der Waals surface area contributed by atoms with E-state index >= 15 is 0 Å². The summed E-state index contributed by atoms with van der Waals surface area (Å²) < 4.78 is 10.8. The predicted octanol–water partition coefficient (Wildman–Crippen LogP) is 2.94. The van der Waals surface area contributed by atoms with Crippen LogP contribution in [0.15, 0.2) is 42.6 Å². The van der Waals surface area contributed by atoms with Crippen molar-refractivity contribution >= 4 is 5.97 Å².